The first-order valence-corrected chi connectivity index (χ1v) is 6.52. The maximum absolute atomic E-state index is 11.6. The van der Waals surface area contributed by atoms with Crippen LogP contribution in [0.25, 0.3) is 0 Å². The highest BCUT2D eigenvalue weighted by Gasteiger charge is 2.17. The van der Waals surface area contributed by atoms with Gasteiger partial charge in [-0.1, -0.05) is 28.8 Å². The Balaban J connectivity index is 2.66. The lowest BCUT2D eigenvalue weighted by atomic mass is 10.1. The van der Waals surface area contributed by atoms with E-state index >= 15 is 0 Å². The van der Waals surface area contributed by atoms with Crippen LogP contribution in [0.1, 0.15) is 20.3 Å². The number of halogens is 2. The van der Waals surface area contributed by atoms with Crippen molar-refractivity contribution < 1.29 is 14.4 Å². The van der Waals surface area contributed by atoms with Crippen molar-refractivity contribution in [3.05, 3.63) is 39.9 Å². The third-order valence-electron chi connectivity index (χ3n) is 2.22. The van der Waals surface area contributed by atoms with Crippen molar-refractivity contribution in [1.29, 1.82) is 0 Å². The topological polar surface area (TPSA) is 63.2 Å². The van der Waals surface area contributed by atoms with Crippen molar-refractivity contribution in [2.24, 2.45) is 0 Å². The molecule has 0 atom stereocenters. The zero-order valence-corrected chi connectivity index (χ0v) is 12.5. The van der Waals surface area contributed by atoms with E-state index in [0.717, 1.165) is 5.57 Å². The van der Waals surface area contributed by atoms with Gasteiger partial charge in [-0.05, 0) is 38.1 Å². The molecule has 0 fully saturated rings. The summed E-state index contributed by atoms with van der Waals surface area (Å²) in [5, 5.41) is 2.97. The van der Waals surface area contributed by atoms with Crippen LogP contribution < -0.4 is 5.32 Å². The summed E-state index contributed by atoms with van der Waals surface area (Å²) in [6, 6.07) is 4.43. The Hall–Kier alpha value is -1.65. The van der Waals surface area contributed by atoms with E-state index in [-0.39, 0.29) is 5.02 Å². The van der Waals surface area contributed by atoms with Crippen LogP contribution in [-0.2, 0) is 14.4 Å². The molecule has 1 amide bonds. The second kappa shape index (κ2) is 7.22. The van der Waals surface area contributed by atoms with Gasteiger partial charge in [0.15, 0.2) is 5.78 Å². The SMILES string of the molecule is CC(C)=CC(=O)CC(=O)C(=O)Nc1ccc(Cl)c(Cl)c1. The second-order valence-electron chi connectivity index (χ2n) is 4.37. The molecule has 0 spiro atoms. The highest BCUT2D eigenvalue weighted by Crippen LogP contribution is 2.24. The third-order valence-corrected chi connectivity index (χ3v) is 2.95. The number of Topliss-reactive ketones (excluding diaryl/α,β-unsaturated/α-hetero) is 1. The number of allylic oxidation sites excluding steroid dienone is 2. The van der Waals surface area contributed by atoms with Gasteiger partial charge >= 0.3 is 0 Å². The van der Waals surface area contributed by atoms with Crippen LogP contribution in [0.2, 0.25) is 10.0 Å². The highest BCUT2D eigenvalue weighted by atomic mass is 35.5. The highest BCUT2D eigenvalue weighted by molar-refractivity contribution is 6.44. The Kier molecular flexibility index (Phi) is 5.92. The number of hydrogen-bond acceptors (Lipinski definition) is 3. The molecule has 0 aliphatic heterocycles. The van der Waals surface area contributed by atoms with Crippen molar-refractivity contribution in [2.75, 3.05) is 5.32 Å². The molecular weight excluding hydrogens is 301 g/mol. The van der Waals surface area contributed by atoms with Crippen LogP contribution in [0.15, 0.2) is 29.8 Å². The Morgan fingerprint density at radius 3 is 2.35 bits per heavy atom. The fourth-order valence-electron chi connectivity index (χ4n) is 1.39. The molecule has 106 valence electrons. The van der Waals surface area contributed by atoms with Crippen molar-refractivity contribution in [3.8, 4) is 0 Å². The van der Waals surface area contributed by atoms with Gasteiger partial charge in [0.25, 0.3) is 5.91 Å². The van der Waals surface area contributed by atoms with Crippen LogP contribution in [0.4, 0.5) is 5.69 Å². The zero-order valence-electron chi connectivity index (χ0n) is 11.0. The van der Waals surface area contributed by atoms with Gasteiger partial charge in [-0.15, -0.1) is 0 Å². The molecule has 4 nitrogen and oxygen atoms in total. The number of carbonyl (C=O) groups excluding carboxylic acids is 3. The number of nitrogens with one attached hydrogen (secondary N) is 1. The predicted octanol–water partition coefficient (Wildman–Crippen LogP) is 3.43. The van der Waals surface area contributed by atoms with Crippen LogP contribution in [0.5, 0.6) is 0 Å². The van der Waals surface area contributed by atoms with E-state index in [4.69, 9.17) is 23.2 Å². The maximum Gasteiger partial charge on any atom is 0.292 e. The number of ketones is 2. The normalized spacial score (nSPS) is 9.80. The summed E-state index contributed by atoms with van der Waals surface area (Å²) < 4.78 is 0. The number of hydrogen-bond donors (Lipinski definition) is 1. The first kappa shape index (κ1) is 16.4. The minimum Gasteiger partial charge on any atom is -0.319 e. The summed E-state index contributed by atoms with van der Waals surface area (Å²) in [7, 11) is 0. The molecule has 6 heteroatoms. The summed E-state index contributed by atoms with van der Waals surface area (Å²) in [6.07, 6.45) is 0.864. The monoisotopic (exact) mass is 313 g/mol. The molecule has 0 aromatic heterocycles. The molecule has 0 saturated carbocycles. The van der Waals surface area contributed by atoms with Crippen molar-refractivity contribution in [3.63, 3.8) is 0 Å². The lowest BCUT2D eigenvalue weighted by molar-refractivity contribution is -0.136. The molecule has 0 saturated heterocycles. The number of anilines is 1. The Morgan fingerprint density at radius 2 is 1.80 bits per heavy atom. The fraction of sp³-hybridized carbons (Fsp3) is 0.214. The number of amides is 1. The fourth-order valence-corrected chi connectivity index (χ4v) is 1.68. The van der Waals surface area contributed by atoms with E-state index in [2.05, 4.69) is 5.32 Å². The Labute approximate surface area is 126 Å². The first-order chi connectivity index (χ1) is 9.29. The largest absolute Gasteiger partial charge is 0.319 e. The summed E-state index contributed by atoms with van der Waals surface area (Å²) >= 11 is 11.5. The van der Waals surface area contributed by atoms with Gasteiger partial charge in [0.2, 0.25) is 5.78 Å². The first-order valence-electron chi connectivity index (χ1n) is 5.76. The maximum atomic E-state index is 11.6. The molecule has 1 rings (SSSR count). The average Bonchev–Trinajstić information content (AvgIpc) is 2.32. The Morgan fingerprint density at radius 1 is 1.15 bits per heavy atom. The lowest BCUT2D eigenvalue weighted by Crippen LogP contribution is -2.24. The number of benzene rings is 1. The van der Waals surface area contributed by atoms with Crippen LogP contribution in [0, 0.1) is 0 Å². The van der Waals surface area contributed by atoms with Gasteiger partial charge in [0.1, 0.15) is 0 Å². The van der Waals surface area contributed by atoms with Crippen LogP contribution in [0.3, 0.4) is 0 Å². The molecule has 1 aromatic carbocycles. The average molecular weight is 314 g/mol. The molecule has 0 radical (unpaired) electrons. The molecular formula is C14H13Cl2NO3. The van der Waals surface area contributed by atoms with E-state index < -0.39 is 23.9 Å². The van der Waals surface area contributed by atoms with Gasteiger partial charge in [0.05, 0.1) is 16.5 Å². The van der Waals surface area contributed by atoms with Gasteiger partial charge in [-0.2, -0.15) is 0 Å². The molecule has 0 aliphatic rings. The third kappa shape index (κ3) is 5.15. The minimum absolute atomic E-state index is 0.262. The zero-order chi connectivity index (χ0) is 15.3. The summed E-state index contributed by atoms with van der Waals surface area (Å²) in [5.74, 6) is -2.07. The molecule has 0 heterocycles. The molecule has 0 unspecified atom stereocenters. The van der Waals surface area contributed by atoms with Gasteiger partial charge in [-0.3, -0.25) is 14.4 Å². The van der Waals surface area contributed by atoms with Crippen LogP contribution >= 0.6 is 23.2 Å². The molecule has 1 aromatic rings. The molecule has 0 aliphatic carbocycles. The van der Waals surface area contributed by atoms with E-state index in [1.165, 1.54) is 24.3 Å². The standard InChI is InChI=1S/C14H13Cl2NO3/c1-8(2)5-10(18)7-13(19)14(20)17-9-3-4-11(15)12(16)6-9/h3-6H,7H2,1-2H3,(H,17,20). The van der Waals surface area contributed by atoms with E-state index in [1.807, 2.05) is 0 Å². The van der Waals surface area contributed by atoms with Gasteiger partial charge in [0, 0.05) is 5.69 Å². The molecule has 1 N–H and O–H groups in total. The number of carbonyl (C=O) groups is 3. The predicted molar refractivity (Wildman–Crippen MR) is 79.2 cm³/mol. The second-order valence-corrected chi connectivity index (χ2v) is 5.19. The van der Waals surface area contributed by atoms with E-state index in [0.29, 0.717) is 10.7 Å². The lowest BCUT2D eigenvalue weighted by Gasteiger charge is -2.05. The van der Waals surface area contributed by atoms with Crippen molar-refractivity contribution >= 4 is 46.4 Å². The van der Waals surface area contributed by atoms with Gasteiger partial charge < -0.3 is 5.32 Å². The van der Waals surface area contributed by atoms with Crippen LogP contribution in [-0.4, -0.2) is 17.5 Å². The van der Waals surface area contributed by atoms with E-state index in [1.54, 1.807) is 13.8 Å². The summed E-state index contributed by atoms with van der Waals surface area (Å²) in [4.78, 5) is 34.6. The van der Waals surface area contributed by atoms with Gasteiger partial charge in [-0.25, -0.2) is 0 Å². The van der Waals surface area contributed by atoms with Crippen molar-refractivity contribution in [2.45, 2.75) is 20.3 Å². The number of rotatable bonds is 5. The van der Waals surface area contributed by atoms with E-state index in [9.17, 15) is 14.4 Å². The smallest absolute Gasteiger partial charge is 0.292 e. The van der Waals surface area contributed by atoms with Crippen molar-refractivity contribution in [1.82, 2.24) is 0 Å². The Bertz CT molecular complexity index is 590. The quantitative estimate of drug-likeness (QED) is 0.514. The molecule has 0 bridgehead atoms. The summed E-state index contributed by atoms with van der Waals surface area (Å²) in [6.45, 7) is 3.47. The summed E-state index contributed by atoms with van der Waals surface area (Å²) in [5.41, 5.74) is 1.11. The minimum atomic E-state index is -0.862. The molecule has 20 heavy (non-hydrogen) atoms.